The molecule has 7 nitrogen and oxygen atoms in total. The Kier molecular flexibility index (Phi) is 6.75. The molecule has 2 aromatic rings. The summed E-state index contributed by atoms with van der Waals surface area (Å²) >= 11 is 0. The van der Waals surface area contributed by atoms with Crippen LogP contribution in [0.15, 0.2) is 58.3 Å². The predicted octanol–water partition coefficient (Wildman–Crippen LogP) is 2.71. The van der Waals surface area contributed by atoms with Gasteiger partial charge in [0, 0.05) is 13.1 Å². The molecule has 9 heteroatoms. The van der Waals surface area contributed by atoms with Crippen LogP contribution >= 0.6 is 0 Å². The van der Waals surface area contributed by atoms with E-state index in [1.165, 1.54) is 8.61 Å². The zero-order valence-corrected chi connectivity index (χ0v) is 18.2. The van der Waals surface area contributed by atoms with Crippen molar-refractivity contribution in [2.24, 2.45) is 0 Å². The summed E-state index contributed by atoms with van der Waals surface area (Å²) in [5, 5.41) is 0. The summed E-state index contributed by atoms with van der Waals surface area (Å²) in [7, 11) is -7.41. The molecule has 1 saturated heterocycles. The number of sulfonamides is 2. The average Bonchev–Trinajstić information content (AvgIpc) is 2.81. The summed E-state index contributed by atoms with van der Waals surface area (Å²) in [4.78, 5) is 0.408. The van der Waals surface area contributed by atoms with Gasteiger partial charge >= 0.3 is 0 Å². The molecular weight excluding hydrogens is 412 g/mol. The van der Waals surface area contributed by atoms with Crippen molar-refractivity contribution >= 4 is 20.0 Å². The molecular formula is C20H26N2O5S2. The summed E-state index contributed by atoms with van der Waals surface area (Å²) < 4.78 is 59.8. The second kappa shape index (κ2) is 8.93. The van der Waals surface area contributed by atoms with Crippen molar-refractivity contribution in [1.29, 1.82) is 0 Å². The van der Waals surface area contributed by atoms with E-state index in [0.717, 1.165) is 11.1 Å². The van der Waals surface area contributed by atoms with Gasteiger partial charge in [0.1, 0.15) is 13.5 Å². The first-order valence-corrected chi connectivity index (χ1v) is 12.3. The predicted molar refractivity (Wildman–Crippen MR) is 110 cm³/mol. The maximum absolute atomic E-state index is 12.9. The Balaban J connectivity index is 1.75. The van der Waals surface area contributed by atoms with Gasteiger partial charge in [0.2, 0.25) is 20.0 Å². The van der Waals surface area contributed by atoms with Gasteiger partial charge in [0.25, 0.3) is 0 Å². The maximum atomic E-state index is 12.9. The maximum Gasteiger partial charge on any atom is 0.245 e. The molecule has 2 aromatic carbocycles. The summed E-state index contributed by atoms with van der Waals surface area (Å²) in [6.07, 6.45) is 1.07. The first-order valence-electron chi connectivity index (χ1n) is 9.43. The van der Waals surface area contributed by atoms with Crippen LogP contribution in [0.25, 0.3) is 0 Å². The molecule has 29 heavy (non-hydrogen) atoms. The zero-order valence-electron chi connectivity index (χ0n) is 16.6. The van der Waals surface area contributed by atoms with Gasteiger partial charge in [-0.3, -0.25) is 0 Å². The van der Waals surface area contributed by atoms with Gasteiger partial charge in [-0.2, -0.15) is 8.61 Å². The number of benzene rings is 2. The van der Waals surface area contributed by atoms with Crippen LogP contribution in [0.2, 0.25) is 0 Å². The molecule has 158 valence electrons. The average molecular weight is 439 g/mol. The minimum Gasteiger partial charge on any atom is -0.349 e. The molecule has 0 spiro atoms. The summed E-state index contributed by atoms with van der Waals surface area (Å²) in [5.74, 6) is 0. The minimum atomic E-state index is -3.70. The molecule has 3 rings (SSSR count). The molecule has 0 unspecified atom stereocenters. The Labute approximate surface area is 173 Å². The van der Waals surface area contributed by atoms with Gasteiger partial charge in [-0.15, -0.1) is 0 Å². The fourth-order valence-electron chi connectivity index (χ4n) is 3.05. The Morgan fingerprint density at radius 3 is 1.34 bits per heavy atom. The van der Waals surface area contributed by atoms with Crippen molar-refractivity contribution in [2.75, 3.05) is 26.6 Å². The second-order valence-corrected chi connectivity index (χ2v) is 11.0. The Bertz CT molecular complexity index is 948. The number of aryl methyl sites for hydroxylation is 2. The van der Waals surface area contributed by atoms with Crippen molar-refractivity contribution in [1.82, 2.24) is 8.61 Å². The van der Waals surface area contributed by atoms with E-state index in [-0.39, 0.29) is 36.3 Å². The van der Waals surface area contributed by atoms with E-state index >= 15 is 0 Å². The first-order chi connectivity index (χ1) is 13.7. The number of hydrogen-bond acceptors (Lipinski definition) is 5. The molecule has 1 fully saturated rings. The molecule has 0 aromatic heterocycles. The molecule has 1 aliphatic rings. The van der Waals surface area contributed by atoms with Crippen LogP contribution in [0, 0.1) is 13.8 Å². The monoisotopic (exact) mass is 438 g/mol. The third-order valence-corrected chi connectivity index (χ3v) is 8.52. The summed E-state index contributed by atoms with van der Waals surface area (Å²) in [6.45, 7) is 3.93. The highest BCUT2D eigenvalue weighted by Gasteiger charge is 2.29. The molecule has 0 saturated carbocycles. The molecule has 0 atom stereocenters. The van der Waals surface area contributed by atoms with E-state index in [1.807, 2.05) is 13.8 Å². The number of nitrogens with zero attached hydrogens (tertiary/aromatic N) is 2. The molecule has 0 N–H and O–H groups in total. The SMILES string of the molecule is Cc1ccc(S(=O)(=O)N2CCCCN(S(=O)(=O)c3ccc(C)cc3)COC2)cc1. The Morgan fingerprint density at radius 2 is 1.00 bits per heavy atom. The van der Waals surface area contributed by atoms with Gasteiger partial charge in [-0.25, -0.2) is 16.8 Å². The lowest BCUT2D eigenvalue weighted by atomic mass is 10.2. The highest BCUT2D eigenvalue weighted by Crippen LogP contribution is 2.21. The molecule has 1 aliphatic heterocycles. The standard InChI is InChI=1S/C20H26N2O5S2/c1-17-5-9-19(10-6-17)28(23,24)21-13-3-4-14-22(16-27-15-21)29(25,26)20-11-7-18(2)8-12-20/h5-12H,3-4,13-16H2,1-2H3. The number of hydrogen-bond donors (Lipinski definition) is 0. The lowest BCUT2D eigenvalue weighted by Gasteiger charge is -2.23. The third kappa shape index (κ3) is 5.04. The van der Waals surface area contributed by atoms with Crippen molar-refractivity contribution in [2.45, 2.75) is 36.5 Å². The van der Waals surface area contributed by atoms with Crippen molar-refractivity contribution in [3.05, 3.63) is 59.7 Å². The van der Waals surface area contributed by atoms with Gasteiger partial charge in [-0.1, -0.05) is 35.4 Å². The lowest BCUT2D eigenvalue weighted by Crippen LogP contribution is -2.36. The highest BCUT2D eigenvalue weighted by atomic mass is 32.2. The van der Waals surface area contributed by atoms with Crippen LogP contribution in [0.5, 0.6) is 0 Å². The smallest absolute Gasteiger partial charge is 0.245 e. The van der Waals surface area contributed by atoms with Crippen molar-refractivity contribution in [3.8, 4) is 0 Å². The Morgan fingerprint density at radius 1 is 0.655 bits per heavy atom. The van der Waals surface area contributed by atoms with E-state index in [1.54, 1.807) is 48.5 Å². The normalized spacial score (nSPS) is 18.0. The molecule has 0 aliphatic carbocycles. The van der Waals surface area contributed by atoms with Crippen molar-refractivity contribution in [3.63, 3.8) is 0 Å². The lowest BCUT2D eigenvalue weighted by molar-refractivity contribution is 0.0327. The number of ether oxygens (including phenoxy) is 1. The van der Waals surface area contributed by atoms with Gasteiger partial charge in [-0.05, 0) is 51.0 Å². The van der Waals surface area contributed by atoms with Crippen LogP contribution in [-0.4, -0.2) is 52.0 Å². The third-order valence-electron chi connectivity index (χ3n) is 4.85. The molecule has 0 amide bonds. The largest absolute Gasteiger partial charge is 0.349 e. The molecule has 1 heterocycles. The van der Waals surface area contributed by atoms with E-state index < -0.39 is 20.0 Å². The fraction of sp³-hybridized carbons (Fsp3) is 0.400. The van der Waals surface area contributed by atoms with Gasteiger partial charge in [0.15, 0.2) is 0 Å². The highest BCUT2D eigenvalue weighted by molar-refractivity contribution is 7.89. The van der Waals surface area contributed by atoms with Crippen LogP contribution in [0.4, 0.5) is 0 Å². The Hall–Kier alpha value is -1.78. The summed E-state index contributed by atoms with van der Waals surface area (Å²) in [6, 6.07) is 13.3. The number of rotatable bonds is 4. The van der Waals surface area contributed by atoms with E-state index in [2.05, 4.69) is 0 Å². The van der Waals surface area contributed by atoms with E-state index in [0.29, 0.717) is 12.8 Å². The van der Waals surface area contributed by atoms with E-state index in [4.69, 9.17) is 4.74 Å². The first kappa shape index (κ1) is 21.9. The van der Waals surface area contributed by atoms with Crippen LogP contribution in [-0.2, 0) is 24.8 Å². The second-order valence-electron chi connectivity index (χ2n) is 7.16. The molecule has 0 bridgehead atoms. The van der Waals surface area contributed by atoms with Gasteiger partial charge < -0.3 is 4.74 Å². The van der Waals surface area contributed by atoms with Crippen LogP contribution in [0.3, 0.4) is 0 Å². The minimum absolute atomic E-state index is 0.198. The quantitative estimate of drug-likeness (QED) is 0.733. The van der Waals surface area contributed by atoms with Crippen LogP contribution < -0.4 is 0 Å². The van der Waals surface area contributed by atoms with Gasteiger partial charge in [0.05, 0.1) is 9.79 Å². The fourth-order valence-corrected chi connectivity index (χ4v) is 5.77. The molecule has 0 radical (unpaired) electrons. The topological polar surface area (TPSA) is 84.0 Å². The van der Waals surface area contributed by atoms with Crippen molar-refractivity contribution < 1.29 is 21.6 Å². The van der Waals surface area contributed by atoms with E-state index in [9.17, 15) is 16.8 Å². The van der Waals surface area contributed by atoms with Crippen LogP contribution in [0.1, 0.15) is 24.0 Å². The summed E-state index contributed by atoms with van der Waals surface area (Å²) in [5.41, 5.74) is 1.95. The zero-order chi connectivity index (χ0) is 21.1.